The maximum Gasteiger partial charge on any atom is 0.319 e. The quantitative estimate of drug-likeness (QED) is 0.709. The topological polar surface area (TPSA) is 78.4 Å². The van der Waals surface area contributed by atoms with E-state index in [9.17, 15) is 9.59 Å². The van der Waals surface area contributed by atoms with Crippen molar-refractivity contribution < 1.29 is 14.7 Å². The van der Waals surface area contributed by atoms with Crippen molar-refractivity contribution >= 4 is 40.3 Å². The predicted molar refractivity (Wildman–Crippen MR) is 80.2 cm³/mol. The monoisotopic (exact) mass is 374 g/mol. The number of hydrogen-bond acceptors (Lipinski definition) is 2. The number of benzene rings is 1. The smallest absolute Gasteiger partial charge is 0.319 e. The maximum atomic E-state index is 11.8. The Morgan fingerprint density at radius 3 is 2.68 bits per heavy atom. The van der Waals surface area contributed by atoms with Gasteiger partial charge in [-0.25, -0.2) is 4.79 Å². The minimum Gasteiger partial charge on any atom is -0.481 e. The number of amides is 2. The lowest BCUT2D eigenvalue weighted by Crippen LogP contribution is -2.36. The number of nitrogens with one attached hydrogen (secondary N) is 2. The van der Waals surface area contributed by atoms with E-state index in [1.165, 1.54) is 0 Å². The van der Waals surface area contributed by atoms with Gasteiger partial charge in [-0.2, -0.15) is 0 Å². The number of carboxylic acid groups (broad SMARTS) is 1. The number of halogens is 1. The number of carboxylic acids is 1. The number of urea groups is 1. The van der Waals surface area contributed by atoms with Gasteiger partial charge < -0.3 is 15.7 Å². The van der Waals surface area contributed by atoms with Gasteiger partial charge in [-0.1, -0.05) is 6.07 Å². The molecule has 0 saturated heterocycles. The third-order valence-electron chi connectivity index (χ3n) is 3.41. The Kier molecular flexibility index (Phi) is 3.98. The van der Waals surface area contributed by atoms with Crippen molar-refractivity contribution in [1.29, 1.82) is 0 Å². The summed E-state index contributed by atoms with van der Waals surface area (Å²) >= 11 is 2.20. The van der Waals surface area contributed by atoms with Crippen LogP contribution in [0.1, 0.15) is 18.4 Å². The van der Waals surface area contributed by atoms with Gasteiger partial charge in [0.1, 0.15) is 0 Å². The van der Waals surface area contributed by atoms with E-state index in [1.807, 2.05) is 25.1 Å². The van der Waals surface area contributed by atoms with Crippen molar-refractivity contribution in [2.24, 2.45) is 5.41 Å². The van der Waals surface area contributed by atoms with Crippen LogP contribution < -0.4 is 10.6 Å². The van der Waals surface area contributed by atoms with Crippen molar-refractivity contribution in [2.75, 3.05) is 11.9 Å². The van der Waals surface area contributed by atoms with Crippen molar-refractivity contribution in [3.63, 3.8) is 0 Å². The van der Waals surface area contributed by atoms with Crippen LogP contribution in [0.5, 0.6) is 0 Å². The molecule has 2 amide bonds. The van der Waals surface area contributed by atoms with Gasteiger partial charge >= 0.3 is 12.0 Å². The summed E-state index contributed by atoms with van der Waals surface area (Å²) in [4.78, 5) is 22.7. The average Bonchev–Trinajstić information content (AvgIpc) is 3.14. The molecule has 0 unspecified atom stereocenters. The minimum absolute atomic E-state index is 0.178. The summed E-state index contributed by atoms with van der Waals surface area (Å²) in [5, 5.41) is 14.4. The molecule has 1 fully saturated rings. The summed E-state index contributed by atoms with van der Waals surface area (Å²) in [5.41, 5.74) is 1.000. The molecule has 0 radical (unpaired) electrons. The zero-order valence-electron chi connectivity index (χ0n) is 10.5. The number of hydrogen-bond donors (Lipinski definition) is 3. The molecule has 102 valence electrons. The molecule has 1 aromatic carbocycles. The molecule has 0 bridgehead atoms. The van der Waals surface area contributed by atoms with Crippen molar-refractivity contribution in [3.05, 3.63) is 27.3 Å². The fourth-order valence-electron chi connectivity index (χ4n) is 1.78. The highest BCUT2D eigenvalue weighted by atomic mass is 127. The van der Waals surface area contributed by atoms with Crippen LogP contribution in [-0.4, -0.2) is 23.7 Å². The van der Waals surface area contributed by atoms with Gasteiger partial charge in [-0.3, -0.25) is 4.79 Å². The highest BCUT2D eigenvalue weighted by Crippen LogP contribution is 2.45. The largest absolute Gasteiger partial charge is 0.481 e. The van der Waals surface area contributed by atoms with Gasteiger partial charge in [0.2, 0.25) is 0 Å². The maximum absolute atomic E-state index is 11.8. The van der Waals surface area contributed by atoms with Gasteiger partial charge in [-0.05, 0) is 60.1 Å². The second-order valence-corrected chi connectivity index (χ2v) is 5.97. The Morgan fingerprint density at radius 2 is 2.11 bits per heavy atom. The van der Waals surface area contributed by atoms with Gasteiger partial charge in [0, 0.05) is 15.8 Å². The summed E-state index contributed by atoms with van der Waals surface area (Å²) in [6.45, 7) is 2.11. The summed E-state index contributed by atoms with van der Waals surface area (Å²) in [7, 11) is 0. The first-order valence-electron chi connectivity index (χ1n) is 5.98. The zero-order chi connectivity index (χ0) is 14.0. The van der Waals surface area contributed by atoms with E-state index in [0.717, 1.165) is 14.8 Å². The number of rotatable bonds is 4. The molecule has 2 rings (SSSR count). The van der Waals surface area contributed by atoms with Gasteiger partial charge in [0.25, 0.3) is 0 Å². The minimum atomic E-state index is -0.835. The molecule has 0 atom stereocenters. The molecule has 1 saturated carbocycles. The van der Waals surface area contributed by atoms with E-state index in [1.54, 1.807) is 0 Å². The molecular formula is C13H15IN2O3. The fraction of sp³-hybridized carbons (Fsp3) is 0.385. The molecule has 1 aliphatic rings. The third-order valence-corrected chi connectivity index (χ3v) is 4.58. The second kappa shape index (κ2) is 5.36. The highest BCUT2D eigenvalue weighted by Gasteiger charge is 2.50. The molecular weight excluding hydrogens is 359 g/mol. The van der Waals surface area contributed by atoms with Crippen LogP contribution in [-0.2, 0) is 4.79 Å². The van der Waals surface area contributed by atoms with Crippen LogP contribution in [0, 0.1) is 15.9 Å². The van der Waals surface area contributed by atoms with E-state index in [4.69, 9.17) is 5.11 Å². The molecule has 0 aliphatic heterocycles. The molecule has 0 heterocycles. The van der Waals surface area contributed by atoms with Gasteiger partial charge in [0.15, 0.2) is 0 Å². The first kappa shape index (κ1) is 14.1. The third kappa shape index (κ3) is 3.17. The molecule has 3 N–H and O–H groups in total. The van der Waals surface area contributed by atoms with Gasteiger partial charge in [0.05, 0.1) is 5.41 Å². The van der Waals surface area contributed by atoms with Crippen LogP contribution >= 0.6 is 22.6 Å². The molecule has 0 spiro atoms. The van der Waals surface area contributed by atoms with Crippen LogP contribution in [0.3, 0.4) is 0 Å². The average molecular weight is 374 g/mol. The highest BCUT2D eigenvalue weighted by molar-refractivity contribution is 14.1. The normalized spacial score (nSPS) is 15.7. The lowest BCUT2D eigenvalue weighted by atomic mass is 10.1. The second-order valence-electron chi connectivity index (χ2n) is 4.81. The molecule has 6 heteroatoms. The van der Waals surface area contributed by atoms with Gasteiger partial charge in [-0.15, -0.1) is 0 Å². The predicted octanol–water partition coefficient (Wildman–Crippen LogP) is 2.59. The molecule has 1 aromatic rings. The van der Waals surface area contributed by atoms with Crippen molar-refractivity contribution in [3.8, 4) is 0 Å². The SMILES string of the molecule is Cc1c(I)cccc1NC(=O)NCC1(C(=O)O)CC1. The summed E-state index contributed by atoms with van der Waals surface area (Å²) in [6, 6.07) is 5.28. The van der Waals surface area contributed by atoms with E-state index in [2.05, 4.69) is 33.2 Å². The fourth-order valence-corrected chi connectivity index (χ4v) is 2.27. The zero-order valence-corrected chi connectivity index (χ0v) is 12.7. The lowest BCUT2D eigenvalue weighted by Gasteiger charge is -2.13. The summed E-state index contributed by atoms with van der Waals surface area (Å²) < 4.78 is 1.07. The van der Waals surface area contributed by atoms with E-state index < -0.39 is 11.4 Å². The summed E-state index contributed by atoms with van der Waals surface area (Å²) in [6.07, 6.45) is 1.26. The Morgan fingerprint density at radius 1 is 1.42 bits per heavy atom. The standard InChI is InChI=1S/C13H15IN2O3/c1-8-9(14)3-2-4-10(8)16-12(19)15-7-13(5-6-13)11(17)18/h2-4H,5-7H2,1H3,(H,17,18)(H2,15,16,19). The van der Waals surface area contributed by atoms with E-state index in [0.29, 0.717) is 12.8 Å². The van der Waals surface area contributed by atoms with E-state index in [-0.39, 0.29) is 12.6 Å². The van der Waals surface area contributed by atoms with Crippen molar-refractivity contribution in [2.45, 2.75) is 19.8 Å². The Bertz CT molecular complexity index is 527. The lowest BCUT2D eigenvalue weighted by molar-refractivity contribution is -0.143. The molecule has 0 aromatic heterocycles. The Hall–Kier alpha value is -1.31. The molecule has 19 heavy (non-hydrogen) atoms. The van der Waals surface area contributed by atoms with E-state index >= 15 is 0 Å². The number of carbonyl (C=O) groups excluding carboxylic acids is 1. The van der Waals surface area contributed by atoms with Crippen molar-refractivity contribution in [1.82, 2.24) is 5.32 Å². The first-order chi connectivity index (χ1) is 8.94. The van der Waals surface area contributed by atoms with Crippen LogP contribution in [0.25, 0.3) is 0 Å². The summed E-state index contributed by atoms with van der Waals surface area (Å²) in [5.74, 6) is -0.835. The molecule has 5 nitrogen and oxygen atoms in total. The Labute approximate surface area is 124 Å². The van der Waals surface area contributed by atoms with Crippen LogP contribution in [0.4, 0.5) is 10.5 Å². The number of anilines is 1. The molecule has 1 aliphatic carbocycles. The number of aliphatic carboxylic acids is 1. The first-order valence-corrected chi connectivity index (χ1v) is 7.06. The Balaban J connectivity index is 1.91. The van der Waals surface area contributed by atoms with Crippen LogP contribution in [0.2, 0.25) is 0 Å². The number of carbonyl (C=O) groups is 2. The van der Waals surface area contributed by atoms with Crippen LogP contribution in [0.15, 0.2) is 18.2 Å².